The fourth-order valence-electron chi connectivity index (χ4n) is 1.90. The summed E-state index contributed by atoms with van der Waals surface area (Å²) in [4.78, 5) is 17.9. The van der Waals surface area contributed by atoms with Crippen molar-refractivity contribution in [3.8, 4) is 0 Å². The molecule has 1 aliphatic rings. The van der Waals surface area contributed by atoms with Crippen LogP contribution in [0.1, 0.15) is 12.1 Å². The third-order valence-corrected chi connectivity index (χ3v) is 3.71. The number of nitrogens with two attached hydrogens (primary N) is 1. The summed E-state index contributed by atoms with van der Waals surface area (Å²) in [7, 11) is 0. The van der Waals surface area contributed by atoms with Crippen LogP contribution in [0.5, 0.6) is 0 Å². The predicted octanol–water partition coefficient (Wildman–Crippen LogP) is 2.27. The Balaban J connectivity index is 2.38. The molecule has 1 fully saturated rings. The molecule has 1 unspecified atom stereocenters. The lowest BCUT2D eigenvalue weighted by molar-refractivity contribution is -0.117. The maximum Gasteiger partial charge on any atom is 0.228 e. The first-order valence-electron chi connectivity index (χ1n) is 5.38. The molecule has 2 rings (SSSR count). The molecule has 2 N–H and O–H groups in total. The molecule has 1 aromatic rings. The van der Waals surface area contributed by atoms with E-state index in [1.54, 1.807) is 17.0 Å². The fraction of sp³-hybridized carbons (Fsp3) is 0.333. The number of pyridine rings is 1. The van der Waals surface area contributed by atoms with Crippen LogP contribution in [0.3, 0.4) is 0 Å². The summed E-state index contributed by atoms with van der Waals surface area (Å²) in [5.74, 6) is 0.795. The monoisotopic (exact) mass is 295 g/mol. The molecule has 0 bridgehead atoms. The van der Waals surface area contributed by atoms with Gasteiger partial charge in [0.2, 0.25) is 5.91 Å². The summed E-state index contributed by atoms with van der Waals surface area (Å²) in [6.45, 7) is 6.21. The molecular formula is C12H14BrN3O. The summed E-state index contributed by atoms with van der Waals surface area (Å²) >= 11 is 3.37. The lowest BCUT2D eigenvalue weighted by Crippen LogP contribution is -2.26. The molecule has 4 nitrogen and oxygen atoms in total. The minimum atomic E-state index is 0.0517. The smallest absolute Gasteiger partial charge is 0.228 e. The Morgan fingerprint density at radius 1 is 1.71 bits per heavy atom. The van der Waals surface area contributed by atoms with Crippen molar-refractivity contribution in [2.75, 3.05) is 17.2 Å². The minimum absolute atomic E-state index is 0.0517. The number of carbonyl (C=O) groups is 1. The number of carbonyl (C=O) groups excluding carboxylic acids is 1. The SMILES string of the molecule is C=CC1CC(=O)N(c2nc(C)c(Br)cc2N)C1. The van der Waals surface area contributed by atoms with Gasteiger partial charge in [-0.3, -0.25) is 9.69 Å². The van der Waals surface area contributed by atoms with Crippen LogP contribution in [0.2, 0.25) is 0 Å². The maximum atomic E-state index is 11.9. The largest absolute Gasteiger partial charge is 0.396 e. The Bertz CT molecular complexity index is 487. The average Bonchev–Trinajstić information content (AvgIpc) is 2.65. The van der Waals surface area contributed by atoms with Crippen molar-refractivity contribution in [1.29, 1.82) is 0 Å². The van der Waals surface area contributed by atoms with Gasteiger partial charge in [-0.2, -0.15) is 0 Å². The second kappa shape index (κ2) is 4.49. The van der Waals surface area contributed by atoms with E-state index in [4.69, 9.17) is 5.73 Å². The molecular weight excluding hydrogens is 282 g/mol. The standard InChI is InChI=1S/C12H14BrN3O/c1-3-8-4-11(17)16(6-8)12-10(14)5-9(13)7(2)15-12/h3,5,8H,1,4,6,14H2,2H3. The summed E-state index contributed by atoms with van der Waals surface area (Å²) in [6, 6.07) is 1.78. The summed E-state index contributed by atoms with van der Waals surface area (Å²) in [6.07, 6.45) is 2.29. The number of amides is 1. The van der Waals surface area contributed by atoms with E-state index in [2.05, 4.69) is 27.5 Å². The Labute approximate surface area is 109 Å². The molecule has 0 aliphatic carbocycles. The van der Waals surface area contributed by atoms with Crippen molar-refractivity contribution >= 4 is 33.3 Å². The normalized spacial score (nSPS) is 19.8. The molecule has 1 aliphatic heterocycles. The number of rotatable bonds is 2. The van der Waals surface area contributed by atoms with Gasteiger partial charge in [0.15, 0.2) is 5.82 Å². The Hall–Kier alpha value is -1.36. The first-order valence-corrected chi connectivity index (χ1v) is 6.17. The second-order valence-corrected chi connectivity index (χ2v) is 5.03. The van der Waals surface area contributed by atoms with E-state index in [9.17, 15) is 4.79 Å². The Morgan fingerprint density at radius 3 is 3.00 bits per heavy atom. The van der Waals surface area contributed by atoms with E-state index >= 15 is 0 Å². The van der Waals surface area contributed by atoms with Crippen molar-refractivity contribution in [2.24, 2.45) is 5.92 Å². The third kappa shape index (κ3) is 2.20. The van der Waals surface area contributed by atoms with E-state index in [0.29, 0.717) is 24.5 Å². The molecule has 0 aromatic carbocycles. The Morgan fingerprint density at radius 2 is 2.41 bits per heavy atom. The Kier molecular flexibility index (Phi) is 3.19. The van der Waals surface area contributed by atoms with Gasteiger partial charge >= 0.3 is 0 Å². The van der Waals surface area contributed by atoms with Crippen LogP contribution in [0.15, 0.2) is 23.2 Å². The van der Waals surface area contributed by atoms with Gasteiger partial charge in [-0.1, -0.05) is 6.08 Å². The van der Waals surface area contributed by atoms with Crippen molar-refractivity contribution in [1.82, 2.24) is 4.98 Å². The first-order chi connectivity index (χ1) is 8.02. The number of hydrogen-bond acceptors (Lipinski definition) is 3. The zero-order valence-corrected chi connectivity index (χ0v) is 11.2. The van der Waals surface area contributed by atoms with E-state index < -0.39 is 0 Å². The first kappa shape index (κ1) is 12.1. The number of nitrogen functional groups attached to an aromatic ring is 1. The van der Waals surface area contributed by atoms with E-state index in [0.717, 1.165) is 10.2 Å². The van der Waals surface area contributed by atoms with E-state index in [1.807, 2.05) is 6.92 Å². The fourth-order valence-corrected chi connectivity index (χ4v) is 2.23. The second-order valence-electron chi connectivity index (χ2n) is 4.17. The van der Waals surface area contributed by atoms with E-state index in [1.165, 1.54) is 0 Å². The number of aryl methyl sites for hydroxylation is 1. The van der Waals surface area contributed by atoms with Gasteiger partial charge in [0.05, 0.1) is 11.4 Å². The van der Waals surface area contributed by atoms with Gasteiger partial charge in [-0.15, -0.1) is 6.58 Å². The number of aromatic nitrogens is 1. The molecule has 1 amide bonds. The number of halogens is 1. The van der Waals surface area contributed by atoms with Gasteiger partial charge < -0.3 is 5.73 Å². The zero-order valence-electron chi connectivity index (χ0n) is 9.61. The lowest BCUT2D eigenvalue weighted by atomic mass is 10.1. The molecule has 17 heavy (non-hydrogen) atoms. The lowest BCUT2D eigenvalue weighted by Gasteiger charge is -2.18. The molecule has 0 radical (unpaired) electrons. The van der Waals surface area contributed by atoms with Crippen LogP contribution >= 0.6 is 15.9 Å². The highest BCUT2D eigenvalue weighted by Crippen LogP contribution is 2.31. The van der Waals surface area contributed by atoms with Gasteiger partial charge in [0, 0.05) is 23.4 Å². The van der Waals surface area contributed by atoms with Crippen LogP contribution < -0.4 is 10.6 Å². The van der Waals surface area contributed by atoms with Crippen LogP contribution in [-0.4, -0.2) is 17.4 Å². The van der Waals surface area contributed by atoms with Crippen LogP contribution in [-0.2, 0) is 4.79 Å². The van der Waals surface area contributed by atoms with Crippen LogP contribution in [0.25, 0.3) is 0 Å². The molecule has 0 spiro atoms. The molecule has 1 atom stereocenters. The third-order valence-electron chi connectivity index (χ3n) is 2.90. The highest BCUT2D eigenvalue weighted by molar-refractivity contribution is 9.10. The molecule has 2 heterocycles. The summed E-state index contributed by atoms with van der Waals surface area (Å²) in [5, 5.41) is 0. The average molecular weight is 296 g/mol. The molecule has 0 saturated carbocycles. The zero-order chi connectivity index (χ0) is 12.6. The molecule has 90 valence electrons. The minimum Gasteiger partial charge on any atom is -0.396 e. The quantitative estimate of drug-likeness (QED) is 0.852. The van der Waals surface area contributed by atoms with Gasteiger partial charge in [0.1, 0.15) is 0 Å². The van der Waals surface area contributed by atoms with Crippen molar-refractivity contribution < 1.29 is 4.79 Å². The van der Waals surface area contributed by atoms with Crippen molar-refractivity contribution in [3.05, 3.63) is 28.9 Å². The van der Waals surface area contributed by atoms with E-state index in [-0.39, 0.29) is 11.8 Å². The summed E-state index contributed by atoms with van der Waals surface area (Å²) in [5.41, 5.74) is 7.24. The van der Waals surface area contributed by atoms with Gasteiger partial charge in [-0.25, -0.2) is 4.98 Å². The topological polar surface area (TPSA) is 59.2 Å². The summed E-state index contributed by atoms with van der Waals surface area (Å²) < 4.78 is 0.852. The van der Waals surface area contributed by atoms with Gasteiger partial charge in [0.25, 0.3) is 0 Å². The van der Waals surface area contributed by atoms with Gasteiger partial charge in [-0.05, 0) is 28.9 Å². The van der Waals surface area contributed by atoms with Crippen molar-refractivity contribution in [2.45, 2.75) is 13.3 Å². The highest BCUT2D eigenvalue weighted by atomic mass is 79.9. The van der Waals surface area contributed by atoms with Crippen LogP contribution in [0.4, 0.5) is 11.5 Å². The van der Waals surface area contributed by atoms with Crippen molar-refractivity contribution in [3.63, 3.8) is 0 Å². The number of nitrogens with zero attached hydrogens (tertiary/aromatic N) is 2. The number of hydrogen-bond donors (Lipinski definition) is 1. The maximum absolute atomic E-state index is 11.9. The number of anilines is 2. The highest BCUT2D eigenvalue weighted by Gasteiger charge is 2.30. The van der Waals surface area contributed by atoms with Crippen LogP contribution in [0, 0.1) is 12.8 Å². The predicted molar refractivity (Wildman–Crippen MR) is 71.7 cm³/mol. The molecule has 5 heteroatoms. The molecule has 1 aromatic heterocycles. The molecule has 1 saturated heterocycles.